The molecular weight excluding hydrogens is 565 g/mol. The Hall–Kier alpha value is -3.31. The largest absolute Gasteiger partial charge is 0.378 e. The molecule has 0 radical (unpaired) electrons. The number of ether oxygens (including phenoxy) is 1. The summed E-state index contributed by atoms with van der Waals surface area (Å²) in [6.45, 7) is 9.04. The van der Waals surface area contributed by atoms with E-state index in [0.29, 0.717) is 13.2 Å². The number of hydrogen-bond donors (Lipinski definition) is 2. The lowest BCUT2D eigenvalue weighted by molar-refractivity contribution is 0.122. The molecule has 8 nitrogen and oxygen atoms in total. The van der Waals surface area contributed by atoms with Crippen LogP contribution in [-0.4, -0.2) is 66.3 Å². The van der Waals surface area contributed by atoms with Crippen LogP contribution in [0, 0.1) is 6.92 Å². The number of fused-ring (bicyclic) bond motifs is 2. The number of pyridine rings is 1. The van der Waals surface area contributed by atoms with Crippen molar-refractivity contribution in [2.45, 2.75) is 45.9 Å². The zero-order valence-electron chi connectivity index (χ0n) is 24.2. The van der Waals surface area contributed by atoms with Gasteiger partial charge in [0.2, 0.25) is 5.56 Å². The maximum atomic E-state index is 12.7. The Morgan fingerprint density at radius 3 is 2.69 bits per heavy atom. The van der Waals surface area contributed by atoms with Crippen molar-refractivity contribution in [1.82, 2.24) is 19.9 Å². The van der Waals surface area contributed by atoms with Crippen LogP contribution in [-0.2, 0) is 4.74 Å². The Kier molecular flexibility index (Phi) is 8.85. The van der Waals surface area contributed by atoms with E-state index in [9.17, 15) is 4.79 Å². The molecule has 0 spiro atoms. The molecule has 1 saturated heterocycles. The smallest absolute Gasteiger partial charge is 0.250 e. The third-order valence-corrected chi connectivity index (χ3v) is 10.3. The van der Waals surface area contributed by atoms with Gasteiger partial charge in [-0.15, -0.1) is 0 Å². The van der Waals surface area contributed by atoms with Crippen LogP contribution in [0.4, 0.5) is 11.4 Å². The maximum Gasteiger partial charge on any atom is 0.250 e. The lowest BCUT2D eigenvalue weighted by atomic mass is 10.1. The van der Waals surface area contributed by atoms with Gasteiger partial charge in [-0.05, 0) is 57.3 Å². The molecule has 6 rings (SSSR count). The van der Waals surface area contributed by atoms with Gasteiger partial charge in [-0.25, -0.2) is 0 Å². The molecular formula is C32H36N6O2S2. The Morgan fingerprint density at radius 2 is 1.90 bits per heavy atom. The third kappa shape index (κ3) is 6.52. The van der Waals surface area contributed by atoms with Crippen LogP contribution in [0.5, 0.6) is 0 Å². The summed E-state index contributed by atoms with van der Waals surface area (Å²) in [5.74, 6) is 0. The molecule has 218 valence electrons. The summed E-state index contributed by atoms with van der Waals surface area (Å²) < 4.78 is 5.51. The van der Waals surface area contributed by atoms with E-state index in [1.54, 1.807) is 29.6 Å². The quantitative estimate of drug-likeness (QED) is 0.209. The van der Waals surface area contributed by atoms with Crippen LogP contribution in [0.3, 0.4) is 0 Å². The first-order valence-corrected chi connectivity index (χ1v) is 16.0. The number of rotatable bonds is 9. The van der Waals surface area contributed by atoms with Gasteiger partial charge >= 0.3 is 0 Å². The monoisotopic (exact) mass is 600 g/mol. The van der Waals surface area contributed by atoms with E-state index in [-0.39, 0.29) is 11.6 Å². The van der Waals surface area contributed by atoms with Gasteiger partial charge in [0, 0.05) is 68.4 Å². The number of benzene rings is 2. The van der Waals surface area contributed by atoms with Gasteiger partial charge in [-0.2, -0.15) is 0 Å². The number of aryl methyl sites for hydroxylation is 1. The standard InChI is InChI=1S/C32H36N6O2S2/c1-4-37(3)11-10-25(27-20-33-21(2)19-34-27)35-22-8-9-28-30(16-22)41-29-7-5-6-24(32(29)42-28)26-17-23(18-31(39)36-26)38-12-14-40-15-13-38/h5-9,16-20,25,35H,4,10-15H2,1-3H3,(H,36,39). The SMILES string of the molecule is CCN(C)CCC(Nc1ccc2c(c1)Sc1cccc(-c3cc(N4CCOCC4)cc(=O)[nH]3)c1S2)c1cnc(C)cn1. The minimum absolute atomic E-state index is 0.0563. The van der Waals surface area contributed by atoms with Crippen LogP contribution in [0.2, 0.25) is 0 Å². The Balaban J connectivity index is 1.25. The number of anilines is 2. The highest BCUT2D eigenvalue weighted by atomic mass is 32.2. The first kappa shape index (κ1) is 28.8. The summed E-state index contributed by atoms with van der Waals surface area (Å²) in [4.78, 5) is 34.3. The topological polar surface area (TPSA) is 86.4 Å². The molecule has 0 saturated carbocycles. The highest BCUT2D eigenvalue weighted by Gasteiger charge is 2.23. The molecule has 2 aliphatic heterocycles. The minimum Gasteiger partial charge on any atom is -0.378 e. The average Bonchev–Trinajstić information content (AvgIpc) is 3.02. The molecule has 0 aliphatic carbocycles. The highest BCUT2D eigenvalue weighted by molar-refractivity contribution is 8.05. The van der Waals surface area contributed by atoms with Crippen molar-refractivity contribution >= 4 is 34.9 Å². The molecule has 42 heavy (non-hydrogen) atoms. The van der Waals surface area contributed by atoms with E-state index in [0.717, 1.165) is 66.6 Å². The maximum absolute atomic E-state index is 12.7. The van der Waals surface area contributed by atoms with E-state index in [4.69, 9.17) is 4.74 Å². The van der Waals surface area contributed by atoms with Gasteiger partial charge in [0.25, 0.3) is 0 Å². The first-order valence-electron chi connectivity index (χ1n) is 14.4. The molecule has 0 amide bonds. The van der Waals surface area contributed by atoms with Crippen LogP contribution in [0.25, 0.3) is 11.3 Å². The van der Waals surface area contributed by atoms with Gasteiger partial charge in [0.05, 0.1) is 42.5 Å². The lowest BCUT2D eigenvalue weighted by Gasteiger charge is -2.29. The van der Waals surface area contributed by atoms with Crippen LogP contribution >= 0.6 is 23.5 Å². The Bertz CT molecular complexity index is 1600. The Labute approximate surface area is 255 Å². The number of nitrogens with one attached hydrogen (secondary N) is 2. The Morgan fingerprint density at radius 1 is 1.05 bits per heavy atom. The zero-order valence-corrected chi connectivity index (χ0v) is 25.9. The zero-order chi connectivity index (χ0) is 29.1. The predicted octanol–water partition coefficient (Wildman–Crippen LogP) is 6.09. The van der Waals surface area contributed by atoms with Gasteiger partial charge < -0.3 is 24.8 Å². The van der Waals surface area contributed by atoms with Crippen molar-refractivity contribution in [2.75, 3.05) is 56.7 Å². The molecule has 2 N–H and O–H groups in total. The molecule has 2 aromatic heterocycles. The molecule has 1 atom stereocenters. The van der Waals surface area contributed by atoms with Crippen molar-refractivity contribution in [3.63, 3.8) is 0 Å². The fourth-order valence-corrected chi connectivity index (χ4v) is 7.58. The molecule has 2 aromatic carbocycles. The fourth-order valence-electron chi connectivity index (χ4n) is 5.17. The summed E-state index contributed by atoms with van der Waals surface area (Å²) in [5.41, 5.74) is 5.67. The van der Waals surface area contributed by atoms with Gasteiger partial charge in [-0.1, -0.05) is 42.6 Å². The average molecular weight is 601 g/mol. The van der Waals surface area contributed by atoms with E-state index in [1.165, 1.54) is 19.6 Å². The van der Waals surface area contributed by atoms with Crippen molar-refractivity contribution in [2.24, 2.45) is 0 Å². The second-order valence-corrected chi connectivity index (χ2v) is 12.8. The number of aromatic nitrogens is 3. The summed E-state index contributed by atoms with van der Waals surface area (Å²) >= 11 is 3.53. The molecule has 1 fully saturated rings. The first-order chi connectivity index (χ1) is 20.5. The van der Waals surface area contributed by atoms with Crippen LogP contribution in [0.1, 0.15) is 30.8 Å². The molecule has 10 heteroatoms. The molecule has 0 bridgehead atoms. The summed E-state index contributed by atoms with van der Waals surface area (Å²) in [6, 6.07) is 16.8. The van der Waals surface area contributed by atoms with Crippen molar-refractivity contribution in [3.8, 4) is 11.3 Å². The van der Waals surface area contributed by atoms with E-state index >= 15 is 0 Å². The highest BCUT2D eigenvalue weighted by Crippen LogP contribution is 2.52. The molecule has 4 aromatic rings. The lowest BCUT2D eigenvalue weighted by Crippen LogP contribution is -2.36. The predicted molar refractivity (Wildman–Crippen MR) is 171 cm³/mol. The number of nitrogens with zero attached hydrogens (tertiary/aromatic N) is 4. The van der Waals surface area contributed by atoms with Crippen molar-refractivity contribution in [3.05, 3.63) is 82.7 Å². The fraction of sp³-hybridized carbons (Fsp3) is 0.344. The summed E-state index contributed by atoms with van der Waals surface area (Å²) in [5, 5.41) is 3.74. The molecule has 2 aliphatic rings. The minimum atomic E-state index is -0.0888. The van der Waals surface area contributed by atoms with E-state index < -0.39 is 0 Å². The number of aromatic amines is 1. The molecule has 4 heterocycles. The van der Waals surface area contributed by atoms with Gasteiger partial charge in [0.15, 0.2) is 0 Å². The van der Waals surface area contributed by atoms with Crippen molar-refractivity contribution < 1.29 is 4.74 Å². The van der Waals surface area contributed by atoms with Gasteiger partial charge in [-0.3, -0.25) is 14.8 Å². The van der Waals surface area contributed by atoms with Crippen LogP contribution < -0.4 is 15.8 Å². The van der Waals surface area contributed by atoms with E-state index in [1.807, 2.05) is 19.3 Å². The normalized spacial score (nSPS) is 15.3. The second-order valence-electron chi connectivity index (χ2n) is 10.7. The third-order valence-electron chi connectivity index (χ3n) is 7.69. The summed E-state index contributed by atoms with van der Waals surface area (Å²) in [6.07, 6.45) is 4.65. The number of morpholine rings is 1. The van der Waals surface area contributed by atoms with E-state index in [2.05, 4.69) is 86.5 Å². The molecule has 1 unspecified atom stereocenters. The second kappa shape index (κ2) is 12.9. The summed E-state index contributed by atoms with van der Waals surface area (Å²) in [7, 11) is 2.14. The number of hydrogen-bond acceptors (Lipinski definition) is 9. The van der Waals surface area contributed by atoms with Crippen molar-refractivity contribution in [1.29, 1.82) is 0 Å². The van der Waals surface area contributed by atoms with Gasteiger partial charge in [0.1, 0.15) is 0 Å². The van der Waals surface area contributed by atoms with Crippen LogP contribution in [0.15, 0.2) is 85.3 Å². The number of H-pyrrole nitrogens is 1.